The van der Waals surface area contributed by atoms with Crippen LogP contribution in [0.4, 0.5) is 0 Å². The Kier molecular flexibility index (Phi) is 7.65. The van der Waals surface area contributed by atoms with Gasteiger partial charge in [0.05, 0.1) is 11.9 Å². The zero-order chi connectivity index (χ0) is 12.4. The van der Waals surface area contributed by atoms with Crippen molar-refractivity contribution < 1.29 is 9.50 Å². The standard InChI is InChI=1S/C6H6O.C3H3BClN3O/c7-6-4-2-1-3-5-6;1-8(9-5)4(2-6)3-7/h1-5,7H;1H3. The smallest absolute Gasteiger partial charge is 0.488 e. The average Bonchev–Trinajstić information content (AvgIpc) is 2.32. The van der Waals surface area contributed by atoms with E-state index in [4.69, 9.17) is 27.5 Å². The van der Waals surface area contributed by atoms with E-state index in [1.54, 1.807) is 36.2 Å². The molecule has 0 saturated heterocycles. The summed E-state index contributed by atoms with van der Waals surface area (Å²) in [5, 5.41) is 25.0. The molecule has 1 aromatic rings. The summed E-state index contributed by atoms with van der Waals surface area (Å²) in [6.07, 6.45) is 0. The SMILES string of the molecule is CN(OCl)B(C#N)C#N.Oc1ccccc1. The van der Waals surface area contributed by atoms with Gasteiger partial charge < -0.3 is 5.11 Å². The number of halogens is 1. The molecule has 0 unspecified atom stereocenters. The van der Waals surface area contributed by atoms with Crippen molar-refractivity contribution in [2.45, 2.75) is 0 Å². The first-order chi connectivity index (χ1) is 7.65. The van der Waals surface area contributed by atoms with Crippen LogP contribution in [0.1, 0.15) is 0 Å². The lowest BCUT2D eigenvalue weighted by Gasteiger charge is -2.05. The van der Waals surface area contributed by atoms with Crippen LogP contribution in [0.3, 0.4) is 0 Å². The summed E-state index contributed by atoms with van der Waals surface area (Å²) in [6, 6.07) is 8.71. The van der Waals surface area contributed by atoms with Gasteiger partial charge in [-0.1, -0.05) is 18.2 Å². The molecule has 82 valence electrons. The molecule has 7 heteroatoms. The van der Waals surface area contributed by atoms with Crippen molar-refractivity contribution in [2.24, 2.45) is 0 Å². The third kappa shape index (κ3) is 5.89. The average molecular weight is 237 g/mol. The van der Waals surface area contributed by atoms with Gasteiger partial charge in [-0.15, -0.1) is 0 Å². The third-order valence-electron chi connectivity index (χ3n) is 1.47. The largest absolute Gasteiger partial charge is 0.508 e. The number of hydrogen-bond donors (Lipinski definition) is 1. The molecule has 0 aromatic heterocycles. The van der Waals surface area contributed by atoms with Gasteiger partial charge in [0.1, 0.15) is 5.75 Å². The number of rotatable bonds is 2. The van der Waals surface area contributed by atoms with Gasteiger partial charge in [0, 0.05) is 19.0 Å². The zero-order valence-corrected chi connectivity index (χ0v) is 9.30. The predicted molar refractivity (Wildman–Crippen MR) is 59.8 cm³/mol. The number of hydrogen-bond acceptors (Lipinski definition) is 5. The van der Waals surface area contributed by atoms with Gasteiger partial charge in [0.2, 0.25) is 0 Å². The Bertz CT molecular complexity index is 363. The number of benzene rings is 1. The van der Waals surface area contributed by atoms with Crippen LogP contribution >= 0.6 is 11.9 Å². The van der Waals surface area contributed by atoms with E-state index in [0.717, 1.165) is 4.97 Å². The molecular weight excluding hydrogens is 228 g/mol. The molecule has 0 spiro atoms. The molecule has 1 aromatic carbocycles. The maximum atomic E-state index is 8.63. The van der Waals surface area contributed by atoms with E-state index in [9.17, 15) is 0 Å². The molecular formula is C9H9BClN3O2. The molecule has 0 aliphatic rings. The molecule has 0 aliphatic heterocycles. The van der Waals surface area contributed by atoms with Gasteiger partial charge in [0.25, 0.3) is 0 Å². The predicted octanol–water partition coefficient (Wildman–Crippen LogP) is 1.51. The lowest BCUT2D eigenvalue weighted by Crippen LogP contribution is -2.31. The minimum Gasteiger partial charge on any atom is -0.508 e. The molecule has 0 aliphatic carbocycles. The maximum absolute atomic E-state index is 8.63. The van der Waals surface area contributed by atoms with Crippen molar-refractivity contribution in [3.63, 3.8) is 0 Å². The molecule has 0 atom stereocenters. The van der Waals surface area contributed by atoms with Crippen LogP contribution < -0.4 is 0 Å². The highest BCUT2D eigenvalue weighted by molar-refractivity contribution is 6.71. The van der Waals surface area contributed by atoms with Gasteiger partial charge in [0.15, 0.2) is 0 Å². The van der Waals surface area contributed by atoms with Crippen LogP contribution in [0.5, 0.6) is 5.75 Å². The quantitative estimate of drug-likeness (QED) is 0.623. The summed E-state index contributed by atoms with van der Waals surface area (Å²) in [5.41, 5.74) is 0. The van der Waals surface area contributed by atoms with Crippen molar-refractivity contribution in [3.8, 4) is 17.7 Å². The Morgan fingerprint density at radius 1 is 1.31 bits per heavy atom. The van der Waals surface area contributed by atoms with Crippen LogP contribution in [0.2, 0.25) is 0 Å². The molecule has 0 bridgehead atoms. The molecule has 5 nitrogen and oxygen atoms in total. The summed E-state index contributed by atoms with van der Waals surface area (Å²) in [4.78, 5) is 0.946. The Hall–Kier alpha value is -1.73. The van der Waals surface area contributed by atoms with Crippen LogP contribution in [0, 0.1) is 22.5 Å². The summed E-state index contributed by atoms with van der Waals surface area (Å²) in [5.74, 6) is 3.64. The van der Waals surface area contributed by atoms with Crippen molar-refractivity contribution in [3.05, 3.63) is 30.3 Å². The number of hydroxylamine groups is 1. The van der Waals surface area contributed by atoms with E-state index in [2.05, 4.69) is 4.39 Å². The van der Waals surface area contributed by atoms with Crippen LogP contribution in [0.15, 0.2) is 30.3 Å². The van der Waals surface area contributed by atoms with Gasteiger partial charge in [-0.2, -0.15) is 9.36 Å². The Balaban J connectivity index is 0.000000288. The first-order valence-corrected chi connectivity index (χ1v) is 4.51. The first-order valence-electron chi connectivity index (χ1n) is 4.20. The third-order valence-corrected chi connectivity index (χ3v) is 1.69. The lowest BCUT2D eigenvalue weighted by molar-refractivity contribution is 0.0759. The molecule has 0 fully saturated rings. The van der Waals surface area contributed by atoms with E-state index < -0.39 is 6.85 Å². The highest BCUT2D eigenvalue weighted by Gasteiger charge is 2.20. The molecule has 16 heavy (non-hydrogen) atoms. The monoisotopic (exact) mass is 237 g/mol. The van der Waals surface area contributed by atoms with E-state index in [1.165, 1.54) is 7.05 Å². The number of phenols is 1. The van der Waals surface area contributed by atoms with Crippen molar-refractivity contribution in [2.75, 3.05) is 7.05 Å². The molecule has 1 N–H and O–H groups in total. The van der Waals surface area contributed by atoms with Crippen molar-refractivity contribution in [1.29, 1.82) is 10.5 Å². The topological polar surface area (TPSA) is 80.3 Å². The van der Waals surface area contributed by atoms with Crippen molar-refractivity contribution >= 4 is 18.7 Å². The zero-order valence-electron chi connectivity index (χ0n) is 8.54. The van der Waals surface area contributed by atoms with E-state index >= 15 is 0 Å². The number of phenolic OH excluding ortho intramolecular Hbond substituents is 1. The van der Waals surface area contributed by atoms with E-state index in [0.29, 0.717) is 5.75 Å². The Labute approximate surface area is 99.3 Å². The van der Waals surface area contributed by atoms with Crippen molar-refractivity contribution in [1.82, 2.24) is 4.97 Å². The van der Waals surface area contributed by atoms with E-state index in [1.807, 2.05) is 6.07 Å². The fraction of sp³-hybridized carbons (Fsp3) is 0.111. The van der Waals surface area contributed by atoms with Crippen LogP contribution in [0.25, 0.3) is 0 Å². The maximum Gasteiger partial charge on any atom is 0.488 e. The normalized spacial score (nSPS) is 8.31. The van der Waals surface area contributed by atoms with E-state index in [-0.39, 0.29) is 0 Å². The lowest BCUT2D eigenvalue weighted by atomic mass is 9.67. The minimum atomic E-state index is -0.942. The van der Waals surface area contributed by atoms with Crippen LogP contribution in [-0.4, -0.2) is 24.0 Å². The second-order valence-corrected chi connectivity index (χ2v) is 2.75. The fourth-order valence-corrected chi connectivity index (χ4v) is 0.739. The Morgan fingerprint density at radius 3 is 2.00 bits per heavy atom. The minimum absolute atomic E-state index is 0.322. The Morgan fingerprint density at radius 2 is 1.81 bits per heavy atom. The van der Waals surface area contributed by atoms with Gasteiger partial charge in [-0.05, 0) is 12.1 Å². The summed E-state index contributed by atoms with van der Waals surface area (Å²) < 4.78 is 4.05. The molecule has 0 amide bonds. The van der Waals surface area contributed by atoms with Gasteiger partial charge >= 0.3 is 6.85 Å². The highest BCUT2D eigenvalue weighted by atomic mass is 35.5. The number of nitrogens with zero attached hydrogens (tertiary/aromatic N) is 3. The molecule has 1 rings (SSSR count). The fourth-order valence-electron chi connectivity index (χ4n) is 0.659. The summed E-state index contributed by atoms with van der Waals surface area (Å²) >= 11 is 4.83. The summed E-state index contributed by atoms with van der Waals surface area (Å²) in [7, 11) is 1.39. The second-order valence-electron chi connectivity index (χ2n) is 2.61. The number of nitriles is 2. The van der Waals surface area contributed by atoms with Gasteiger partial charge in [-0.3, -0.25) is 0 Å². The van der Waals surface area contributed by atoms with Gasteiger partial charge in [-0.25, -0.2) is 10.5 Å². The molecule has 0 radical (unpaired) electrons. The highest BCUT2D eigenvalue weighted by Crippen LogP contribution is 2.02. The first kappa shape index (κ1) is 14.3. The van der Waals surface area contributed by atoms with Crippen LogP contribution in [-0.2, 0) is 4.39 Å². The molecule has 0 saturated carbocycles. The second kappa shape index (κ2) is 8.57. The summed E-state index contributed by atoms with van der Waals surface area (Å²) in [6.45, 7) is -0.942. The number of aromatic hydroxyl groups is 1. The number of para-hydroxylation sites is 1. The molecule has 0 heterocycles.